The summed E-state index contributed by atoms with van der Waals surface area (Å²) in [4.78, 5) is 3.52. The minimum absolute atomic E-state index is 1.11. The van der Waals surface area contributed by atoms with Crippen molar-refractivity contribution < 1.29 is 4.57 Å². The molecule has 0 atom stereocenters. The fourth-order valence-electron chi connectivity index (χ4n) is 3.00. The second kappa shape index (κ2) is 7.80. The molecule has 0 aliphatic carbocycles. The third-order valence-corrected chi connectivity index (χ3v) is 4.43. The molecule has 3 heteroatoms. The van der Waals surface area contributed by atoms with Crippen molar-refractivity contribution in [1.29, 1.82) is 0 Å². The molecule has 0 fully saturated rings. The van der Waals surface area contributed by atoms with Gasteiger partial charge in [0.15, 0.2) is 0 Å². The molecule has 2 aromatic carbocycles. The van der Waals surface area contributed by atoms with Gasteiger partial charge in [-0.15, -0.1) is 0 Å². The number of rotatable bonds is 0. The highest BCUT2D eigenvalue weighted by Gasteiger charge is 2.17. The van der Waals surface area contributed by atoms with Gasteiger partial charge in [0.25, 0.3) is 0 Å². The highest BCUT2D eigenvalue weighted by Crippen LogP contribution is 2.27. The summed E-state index contributed by atoms with van der Waals surface area (Å²) in [5, 5.41) is 2.52. The van der Waals surface area contributed by atoms with Crippen molar-refractivity contribution in [2.24, 2.45) is 7.05 Å². The zero-order valence-corrected chi connectivity index (χ0v) is 17.0. The Balaban J connectivity index is 0.000000487. The lowest BCUT2D eigenvalue weighted by Gasteiger charge is -2.00. The summed E-state index contributed by atoms with van der Waals surface area (Å²) in [5.74, 6) is 0. The van der Waals surface area contributed by atoms with Crippen LogP contribution in [0.1, 0.15) is 33.3 Å². The van der Waals surface area contributed by atoms with Gasteiger partial charge in [-0.2, -0.15) is 4.57 Å². The van der Waals surface area contributed by atoms with E-state index >= 15 is 0 Å². The Morgan fingerprint density at radius 1 is 0.875 bits per heavy atom. The van der Waals surface area contributed by atoms with Crippen LogP contribution in [0.25, 0.3) is 32.8 Å². The predicted octanol–water partition coefficient (Wildman–Crippen LogP) is 6.42. The van der Waals surface area contributed by atoms with E-state index in [1.54, 1.807) is 0 Å². The van der Waals surface area contributed by atoms with Gasteiger partial charge < -0.3 is 4.98 Å². The maximum absolute atomic E-state index is 3.55. The zero-order chi connectivity index (χ0) is 17.9. The predicted molar refractivity (Wildman–Crippen MR) is 110 cm³/mol. The number of nitrogens with one attached hydrogen (secondary N) is 1. The maximum atomic E-state index is 3.55. The lowest BCUT2D eigenvalue weighted by atomic mass is 10.1. The number of hydrogen-bond acceptors (Lipinski definition) is 0. The molecule has 0 aliphatic heterocycles. The number of hydrogen-bond donors (Lipinski definition) is 1. The first-order valence-electron chi connectivity index (χ1n) is 8.64. The molecule has 0 saturated carbocycles. The number of aromatic amines is 1. The second-order valence-corrected chi connectivity index (χ2v) is 6.26. The number of aryl methyl sites for hydroxylation is 2. The SMILES string of the molecule is CC.CC.Cc1ccc2[nH]c3cc4cc(Br)ccc4[n+](C)c3c2c1. The number of pyridine rings is 1. The maximum Gasteiger partial charge on any atom is 0.238 e. The minimum atomic E-state index is 1.11. The van der Waals surface area contributed by atoms with E-state index in [1.165, 1.54) is 38.4 Å². The van der Waals surface area contributed by atoms with Gasteiger partial charge >= 0.3 is 0 Å². The topological polar surface area (TPSA) is 19.7 Å². The van der Waals surface area contributed by atoms with E-state index in [2.05, 4.69) is 81.9 Å². The standard InChI is InChI=1S/C17H13BrN2.2C2H6/c1-10-3-5-14-13(7-10)17-15(19-14)9-11-8-12(18)4-6-16(11)20(17)2;2*1-2/h3-9H,1-2H3;2*1-2H3/p+1. The van der Waals surface area contributed by atoms with Crippen LogP contribution in [0.3, 0.4) is 0 Å². The molecule has 0 spiro atoms. The molecule has 2 nitrogen and oxygen atoms in total. The number of H-pyrrole nitrogens is 1. The first-order valence-corrected chi connectivity index (χ1v) is 9.43. The number of halogens is 1. The first-order chi connectivity index (χ1) is 11.6. The molecule has 4 aromatic rings. The molecule has 126 valence electrons. The van der Waals surface area contributed by atoms with E-state index in [-0.39, 0.29) is 0 Å². The van der Waals surface area contributed by atoms with Crippen molar-refractivity contribution in [3.63, 3.8) is 0 Å². The van der Waals surface area contributed by atoms with Crippen LogP contribution in [0.2, 0.25) is 0 Å². The molecule has 1 N–H and O–H groups in total. The number of nitrogens with zero attached hydrogens (tertiary/aromatic N) is 1. The normalized spacial score (nSPS) is 10.3. The van der Waals surface area contributed by atoms with Crippen molar-refractivity contribution in [3.8, 4) is 0 Å². The van der Waals surface area contributed by atoms with Crippen molar-refractivity contribution in [2.45, 2.75) is 34.6 Å². The minimum Gasteiger partial charge on any atom is -0.349 e. The molecule has 24 heavy (non-hydrogen) atoms. The van der Waals surface area contributed by atoms with Crippen LogP contribution >= 0.6 is 15.9 Å². The smallest absolute Gasteiger partial charge is 0.238 e. The van der Waals surface area contributed by atoms with E-state index in [0.717, 1.165) is 4.47 Å². The van der Waals surface area contributed by atoms with Gasteiger partial charge in [0.2, 0.25) is 11.0 Å². The molecule has 2 heterocycles. The van der Waals surface area contributed by atoms with Crippen LogP contribution < -0.4 is 4.57 Å². The molecule has 0 unspecified atom stereocenters. The van der Waals surface area contributed by atoms with Crippen molar-refractivity contribution in [3.05, 3.63) is 52.5 Å². The van der Waals surface area contributed by atoms with E-state index in [1.807, 2.05) is 27.7 Å². The van der Waals surface area contributed by atoms with Crippen LogP contribution in [-0.4, -0.2) is 4.98 Å². The van der Waals surface area contributed by atoms with Crippen LogP contribution in [0, 0.1) is 6.92 Å². The van der Waals surface area contributed by atoms with Crippen molar-refractivity contribution in [1.82, 2.24) is 4.98 Å². The molecule has 2 aromatic heterocycles. The molecule has 4 rings (SSSR count). The molecular formula is C21H26BrN2+. The van der Waals surface area contributed by atoms with Crippen LogP contribution in [0.15, 0.2) is 46.9 Å². The van der Waals surface area contributed by atoms with E-state index < -0.39 is 0 Å². The van der Waals surface area contributed by atoms with Gasteiger partial charge in [0.05, 0.1) is 10.9 Å². The van der Waals surface area contributed by atoms with Gasteiger partial charge in [0, 0.05) is 15.9 Å². The lowest BCUT2D eigenvalue weighted by Crippen LogP contribution is -2.29. The number of benzene rings is 2. The Kier molecular flexibility index (Phi) is 6.00. The summed E-state index contributed by atoms with van der Waals surface area (Å²) in [6.07, 6.45) is 0. The molecule has 0 aliphatic rings. The largest absolute Gasteiger partial charge is 0.349 e. The Hall–Kier alpha value is -1.87. The molecule has 0 saturated heterocycles. The summed E-state index contributed by atoms with van der Waals surface area (Å²) in [5.41, 5.74) is 6.16. The first kappa shape index (κ1) is 18.5. The lowest BCUT2D eigenvalue weighted by molar-refractivity contribution is -0.616. The monoisotopic (exact) mass is 385 g/mol. The van der Waals surface area contributed by atoms with E-state index in [0.29, 0.717) is 0 Å². The average molecular weight is 386 g/mol. The quantitative estimate of drug-likeness (QED) is 0.336. The van der Waals surface area contributed by atoms with E-state index in [4.69, 9.17) is 0 Å². The zero-order valence-electron chi connectivity index (χ0n) is 15.4. The Bertz CT molecular complexity index is 984. The van der Waals surface area contributed by atoms with Gasteiger partial charge in [0.1, 0.15) is 12.6 Å². The van der Waals surface area contributed by atoms with Gasteiger partial charge in [-0.05, 0) is 37.3 Å². The van der Waals surface area contributed by atoms with Gasteiger partial charge in [-0.1, -0.05) is 55.3 Å². The Morgan fingerprint density at radius 3 is 2.29 bits per heavy atom. The number of aromatic nitrogens is 2. The Labute approximate surface area is 152 Å². The average Bonchev–Trinajstić information content (AvgIpc) is 2.96. The fourth-order valence-corrected chi connectivity index (χ4v) is 3.38. The summed E-state index contributed by atoms with van der Waals surface area (Å²) < 4.78 is 3.38. The number of fused-ring (bicyclic) bond motifs is 4. The summed E-state index contributed by atoms with van der Waals surface area (Å²) in [7, 11) is 2.13. The highest BCUT2D eigenvalue weighted by atomic mass is 79.9. The van der Waals surface area contributed by atoms with Gasteiger partial charge in [-0.3, -0.25) is 0 Å². The summed E-state index contributed by atoms with van der Waals surface area (Å²) >= 11 is 3.55. The van der Waals surface area contributed by atoms with Crippen LogP contribution in [-0.2, 0) is 7.05 Å². The van der Waals surface area contributed by atoms with Crippen LogP contribution in [0.5, 0.6) is 0 Å². The fraction of sp³-hybridized carbons (Fsp3) is 0.286. The van der Waals surface area contributed by atoms with Gasteiger partial charge in [-0.25, -0.2) is 0 Å². The van der Waals surface area contributed by atoms with E-state index in [9.17, 15) is 0 Å². The third kappa shape index (κ3) is 3.18. The summed E-state index contributed by atoms with van der Waals surface area (Å²) in [6.45, 7) is 10.1. The Morgan fingerprint density at radius 2 is 1.58 bits per heavy atom. The molecular weight excluding hydrogens is 360 g/mol. The molecule has 0 radical (unpaired) electrons. The molecule has 0 bridgehead atoms. The third-order valence-electron chi connectivity index (χ3n) is 3.94. The highest BCUT2D eigenvalue weighted by molar-refractivity contribution is 9.10. The molecule has 0 amide bonds. The van der Waals surface area contributed by atoms with Crippen molar-refractivity contribution >= 4 is 48.8 Å². The van der Waals surface area contributed by atoms with Crippen molar-refractivity contribution in [2.75, 3.05) is 0 Å². The summed E-state index contributed by atoms with van der Waals surface area (Å²) in [6, 6.07) is 15.2. The second-order valence-electron chi connectivity index (χ2n) is 5.34. The van der Waals surface area contributed by atoms with Crippen LogP contribution in [0.4, 0.5) is 0 Å².